The number of hydrogen-bond acceptors (Lipinski definition) is 2. The zero-order chi connectivity index (χ0) is 20.1. The minimum absolute atomic E-state index is 0.0230. The summed E-state index contributed by atoms with van der Waals surface area (Å²) in [6.45, 7) is 2.19. The highest BCUT2D eigenvalue weighted by Gasteiger charge is 2.32. The monoisotopic (exact) mass is 386 g/mol. The third-order valence-electron chi connectivity index (χ3n) is 6.11. The van der Waals surface area contributed by atoms with Gasteiger partial charge in [0.2, 0.25) is 0 Å². The van der Waals surface area contributed by atoms with Gasteiger partial charge in [-0.25, -0.2) is 8.78 Å². The van der Waals surface area contributed by atoms with Crippen LogP contribution in [-0.2, 0) is 0 Å². The summed E-state index contributed by atoms with van der Waals surface area (Å²) in [6, 6.07) is 10.00. The van der Waals surface area contributed by atoms with Crippen molar-refractivity contribution < 1.29 is 18.8 Å². The van der Waals surface area contributed by atoms with Crippen molar-refractivity contribution in [2.24, 2.45) is 5.92 Å². The van der Waals surface area contributed by atoms with E-state index in [-0.39, 0.29) is 22.5 Å². The van der Waals surface area contributed by atoms with Crippen LogP contribution in [0.2, 0.25) is 0 Å². The maximum atomic E-state index is 15.3. The highest BCUT2D eigenvalue weighted by atomic mass is 19.1. The predicted molar refractivity (Wildman–Crippen MR) is 110 cm³/mol. The minimum atomic E-state index is -1.99. The molecule has 28 heavy (non-hydrogen) atoms. The number of rotatable bonds is 7. The van der Waals surface area contributed by atoms with E-state index in [0.717, 1.165) is 25.7 Å². The van der Waals surface area contributed by atoms with E-state index in [1.165, 1.54) is 31.7 Å². The Bertz CT molecular complexity index is 772. The van der Waals surface area contributed by atoms with Gasteiger partial charge in [-0.1, -0.05) is 62.9 Å². The molecule has 150 valence electrons. The molecule has 2 aromatic rings. The van der Waals surface area contributed by atoms with E-state index in [4.69, 9.17) is 0 Å². The van der Waals surface area contributed by atoms with Gasteiger partial charge in [0.05, 0.1) is 0 Å². The molecule has 1 aliphatic carbocycles. The molecule has 0 unspecified atom stereocenters. The molecule has 0 aromatic heterocycles. The average Bonchev–Trinajstić information content (AvgIpc) is 2.69. The van der Waals surface area contributed by atoms with E-state index >= 15 is 4.39 Å². The first-order valence-electron chi connectivity index (χ1n) is 10.5. The second kappa shape index (κ2) is 9.66. The van der Waals surface area contributed by atoms with Crippen molar-refractivity contribution in [2.75, 3.05) is 0 Å². The summed E-state index contributed by atoms with van der Waals surface area (Å²) in [4.78, 5) is 0. The normalized spacial score (nSPS) is 19.6. The molecule has 0 atom stereocenters. The first-order chi connectivity index (χ1) is 13.5. The van der Waals surface area contributed by atoms with Gasteiger partial charge in [-0.2, -0.15) is 0 Å². The van der Waals surface area contributed by atoms with Crippen LogP contribution in [0.3, 0.4) is 0 Å². The molecule has 2 nitrogen and oxygen atoms in total. The van der Waals surface area contributed by atoms with Crippen molar-refractivity contribution in [2.45, 2.75) is 64.2 Å². The largest absolute Gasteiger partial charge is 0.492 e. The molecule has 0 aliphatic heterocycles. The molecule has 0 spiro atoms. The van der Waals surface area contributed by atoms with E-state index in [1.807, 2.05) is 0 Å². The third kappa shape index (κ3) is 4.64. The van der Waals surface area contributed by atoms with Crippen molar-refractivity contribution in [1.82, 2.24) is 0 Å². The summed E-state index contributed by atoms with van der Waals surface area (Å²) in [7, 11) is -1.99. The van der Waals surface area contributed by atoms with Gasteiger partial charge in [-0.3, -0.25) is 0 Å². The molecule has 1 aliphatic rings. The summed E-state index contributed by atoms with van der Waals surface area (Å²) in [5, 5.41) is 19.6. The van der Waals surface area contributed by atoms with E-state index in [9.17, 15) is 14.4 Å². The quantitative estimate of drug-likeness (QED) is 0.509. The lowest BCUT2D eigenvalue weighted by Gasteiger charge is -2.30. The third-order valence-corrected chi connectivity index (χ3v) is 6.11. The smallest absolute Gasteiger partial charge is 0.423 e. The lowest BCUT2D eigenvalue weighted by Crippen LogP contribution is -2.36. The number of hydrogen-bond donors (Lipinski definition) is 2. The molecular weight excluding hydrogens is 357 g/mol. The number of unbranched alkanes of at least 4 members (excludes halogenated alkanes) is 2. The fraction of sp³-hybridized carbons (Fsp3) is 0.478. The van der Waals surface area contributed by atoms with E-state index in [0.29, 0.717) is 11.5 Å². The Kier molecular flexibility index (Phi) is 7.25. The Morgan fingerprint density at radius 3 is 2.29 bits per heavy atom. The molecule has 0 amide bonds. The Labute approximate surface area is 166 Å². The molecule has 0 radical (unpaired) electrons. The molecule has 0 bridgehead atoms. The van der Waals surface area contributed by atoms with Crippen LogP contribution in [0.15, 0.2) is 36.4 Å². The molecule has 3 rings (SSSR count). The van der Waals surface area contributed by atoms with Crippen LogP contribution < -0.4 is 5.46 Å². The predicted octanol–water partition coefficient (Wildman–Crippen LogP) is 5.17. The van der Waals surface area contributed by atoms with E-state index in [1.54, 1.807) is 30.3 Å². The second-order valence-electron chi connectivity index (χ2n) is 8.00. The van der Waals surface area contributed by atoms with Gasteiger partial charge >= 0.3 is 7.12 Å². The minimum Gasteiger partial charge on any atom is -0.423 e. The number of benzene rings is 2. The molecule has 5 heteroatoms. The zero-order valence-corrected chi connectivity index (χ0v) is 16.5. The summed E-state index contributed by atoms with van der Waals surface area (Å²) in [6.07, 6.45) is 8.30. The maximum Gasteiger partial charge on any atom is 0.492 e. The lowest BCUT2D eigenvalue weighted by atomic mass is 9.70. The first-order valence-corrected chi connectivity index (χ1v) is 10.5. The average molecular weight is 386 g/mol. The van der Waals surface area contributed by atoms with Crippen LogP contribution in [0.1, 0.15) is 69.8 Å². The lowest BCUT2D eigenvalue weighted by molar-refractivity contribution is 0.295. The standard InChI is InChI=1S/C23H29BF2O2/c1-2-3-5-8-16-11-13-18(14-12-16)21-20(25)15-19(17-9-6-4-7-10-17)22(23(21)26)24(27)28/h4,6-7,9-10,15-16,18,27-28H,2-3,5,8,11-14H2,1H3. The zero-order valence-electron chi connectivity index (χ0n) is 16.5. The Balaban J connectivity index is 1.86. The molecular formula is C23H29BF2O2. The van der Waals surface area contributed by atoms with Gasteiger partial charge in [0.25, 0.3) is 0 Å². The summed E-state index contributed by atoms with van der Waals surface area (Å²) in [5.41, 5.74) is 0.555. The van der Waals surface area contributed by atoms with Crippen molar-refractivity contribution >= 4 is 12.6 Å². The number of halogens is 2. The highest BCUT2D eigenvalue weighted by molar-refractivity contribution is 6.60. The fourth-order valence-corrected chi connectivity index (χ4v) is 4.56. The van der Waals surface area contributed by atoms with Crippen molar-refractivity contribution in [3.8, 4) is 11.1 Å². The van der Waals surface area contributed by atoms with Gasteiger partial charge in [0, 0.05) is 11.0 Å². The molecule has 2 N–H and O–H groups in total. The van der Waals surface area contributed by atoms with Gasteiger partial charge in [-0.15, -0.1) is 0 Å². The highest BCUT2D eigenvalue weighted by Crippen LogP contribution is 2.40. The fourth-order valence-electron chi connectivity index (χ4n) is 4.56. The first kappa shape index (κ1) is 21.0. The Morgan fingerprint density at radius 1 is 1.00 bits per heavy atom. The molecule has 0 heterocycles. The summed E-state index contributed by atoms with van der Waals surface area (Å²) >= 11 is 0. The van der Waals surface area contributed by atoms with Crippen LogP contribution in [-0.4, -0.2) is 17.2 Å². The molecule has 2 aromatic carbocycles. The van der Waals surface area contributed by atoms with E-state index < -0.39 is 18.8 Å². The van der Waals surface area contributed by atoms with Crippen LogP contribution in [0, 0.1) is 17.6 Å². The van der Waals surface area contributed by atoms with Gasteiger partial charge in [-0.05, 0) is 54.7 Å². The van der Waals surface area contributed by atoms with Crippen LogP contribution in [0.4, 0.5) is 8.78 Å². The van der Waals surface area contributed by atoms with Crippen LogP contribution in [0.25, 0.3) is 11.1 Å². The molecule has 1 saturated carbocycles. The maximum absolute atomic E-state index is 15.3. The SMILES string of the molecule is CCCCCC1CCC(c2c(F)cc(-c3ccccc3)c(B(O)O)c2F)CC1. The van der Waals surface area contributed by atoms with E-state index in [2.05, 4.69) is 6.92 Å². The summed E-state index contributed by atoms with van der Waals surface area (Å²) in [5.74, 6) is -0.955. The van der Waals surface area contributed by atoms with Crippen molar-refractivity contribution in [1.29, 1.82) is 0 Å². The van der Waals surface area contributed by atoms with Crippen LogP contribution >= 0.6 is 0 Å². The summed E-state index contributed by atoms with van der Waals surface area (Å²) < 4.78 is 30.3. The molecule has 0 saturated heterocycles. The Hall–Kier alpha value is -1.72. The van der Waals surface area contributed by atoms with Gasteiger partial charge in [0.1, 0.15) is 11.6 Å². The molecule has 1 fully saturated rings. The van der Waals surface area contributed by atoms with Gasteiger partial charge < -0.3 is 10.0 Å². The van der Waals surface area contributed by atoms with Crippen molar-refractivity contribution in [3.05, 3.63) is 53.6 Å². The topological polar surface area (TPSA) is 40.5 Å². The van der Waals surface area contributed by atoms with Crippen molar-refractivity contribution in [3.63, 3.8) is 0 Å². The van der Waals surface area contributed by atoms with Gasteiger partial charge in [0.15, 0.2) is 0 Å². The Morgan fingerprint density at radius 2 is 1.68 bits per heavy atom. The van der Waals surface area contributed by atoms with Crippen LogP contribution in [0.5, 0.6) is 0 Å². The second-order valence-corrected chi connectivity index (χ2v) is 8.00.